The molecule has 37 heavy (non-hydrogen) atoms. The fourth-order valence-electron chi connectivity index (χ4n) is 3.76. The van der Waals surface area contributed by atoms with Crippen LogP contribution in [0.15, 0.2) is 60.7 Å². The molecule has 0 fully saturated rings. The van der Waals surface area contributed by atoms with Crippen molar-refractivity contribution in [2.45, 2.75) is 19.3 Å². The van der Waals surface area contributed by atoms with Crippen LogP contribution in [0.1, 0.15) is 37.7 Å². The number of nitrogens with zero attached hydrogens (tertiary/aromatic N) is 2. The minimum atomic E-state index is -4.76. The maximum absolute atomic E-state index is 13.5. The SMILES string of the molecule is COCc1nc2c(C(=O)Nc3ccc(CN)cc3)cc(N(N)C(=O)c3ccccc3C(F)(F)F)cc2[nH]1. The van der Waals surface area contributed by atoms with Gasteiger partial charge in [-0.2, -0.15) is 13.2 Å². The molecule has 12 heteroatoms. The zero-order valence-corrected chi connectivity index (χ0v) is 19.6. The molecule has 0 unspecified atom stereocenters. The van der Waals surface area contributed by atoms with Crippen LogP contribution in [0.3, 0.4) is 0 Å². The molecule has 192 valence electrons. The number of H-pyrrole nitrogens is 1. The number of ether oxygens (including phenoxy) is 1. The highest BCUT2D eigenvalue weighted by Crippen LogP contribution is 2.33. The van der Waals surface area contributed by atoms with Gasteiger partial charge in [0.1, 0.15) is 17.9 Å². The molecule has 3 aromatic carbocycles. The Labute approximate surface area is 209 Å². The minimum Gasteiger partial charge on any atom is -0.377 e. The van der Waals surface area contributed by atoms with Gasteiger partial charge in [0.25, 0.3) is 11.8 Å². The number of benzene rings is 3. The van der Waals surface area contributed by atoms with Gasteiger partial charge in [-0.15, -0.1) is 0 Å². The molecule has 0 bridgehead atoms. The number of hydrazine groups is 1. The number of carbonyl (C=O) groups excluding carboxylic acids is 2. The number of anilines is 2. The fourth-order valence-corrected chi connectivity index (χ4v) is 3.76. The first kappa shape index (κ1) is 25.8. The largest absolute Gasteiger partial charge is 0.417 e. The van der Waals surface area contributed by atoms with Crippen LogP contribution < -0.4 is 21.9 Å². The van der Waals surface area contributed by atoms with Crippen molar-refractivity contribution in [1.29, 1.82) is 0 Å². The number of aromatic nitrogens is 2. The molecule has 0 saturated carbocycles. The predicted molar refractivity (Wildman–Crippen MR) is 132 cm³/mol. The summed E-state index contributed by atoms with van der Waals surface area (Å²) in [6, 6.07) is 13.9. The van der Waals surface area contributed by atoms with Crippen molar-refractivity contribution in [3.63, 3.8) is 0 Å². The van der Waals surface area contributed by atoms with Crippen molar-refractivity contribution in [2.75, 3.05) is 17.4 Å². The van der Waals surface area contributed by atoms with Gasteiger partial charge < -0.3 is 20.8 Å². The van der Waals surface area contributed by atoms with Crippen molar-refractivity contribution in [3.8, 4) is 0 Å². The number of halogens is 3. The molecule has 6 N–H and O–H groups in total. The van der Waals surface area contributed by atoms with Gasteiger partial charge in [-0.05, 0) is 42.0 Å². The van der Waals surface area contributed by atoms with E-state index < -0.39 is 29.1 Å². The number of imidazole rings is 1. The molecule has 4 aromatic rings. The lowest BCUT2D eigenvalue weighted by Gasteiger charge is -2.20. The van der Waals surface area contributed by atoms with Crippen LogP contribution in [0.25, 0.3) is 11.0 Å². The van der Waals surface area contributed by atoms with Crippen LogP contribution in [0.5, 0.6) is 0 Å². The second-order valence-electron chi connectivity index (χ2n) is 8.08. The van der Waals surface area contributed by atoms with Gasteiger partial charge >= 0.3 is 6.18 Å². The van der Waals surface area contributed by atoms with Gasteiger partial charge in [-0.3, -0.25) is 9.59 Å². The third-order valence-electron chi connectivity index (χ3n) is 5.55. The number of alkyl halides is 3. The zero-order valence-electron chi connectivity index (χ0n) is 19.6. The second-order valence-corrected chi connectivity index (χ2v) is 8.08. The summed E-state index contributed by atoms with van der Waals surface area (Å²) in [4.78, 5) is 33.6. The monoisotopic (exact) mass is 512 g/mol. The molecular weight excluding hydrogens is 489 g/mol. The zero-order chi connectivity index (χ0) is 26.7. The molecule has 0 radical (unpaired) electrons. The molecule has 1 aromatic heterocycles. The number of hydrogen-bond acceptors (Lipinski definition) is 6. The van der Waals surface area contributed by atoms with E-state index in [0.29, 0.717) is 28.6 Å². The van der Waals surface area contributed by atoms with Crippen LogP contribution in [0, 0.1) is 0 Å². The first-order valence-electron chi connectivity index (χ1n) is 11.0. The fraction of sp³-hybridized carbons (Fsp3) is 0.160. The van der Waals surface area contributed by atoms with E-state index in [1.54, 1.807) is 24.3 Å². The summed E-state index contributed by atoms with van der Waals surface area (Å²) in [5.41, 5.74) is 5.83. The van der Waals surface area contributed by atoms with Crippen LogP contribution in [-0.4, -0.2) is 28.9 Å². The Hall–Kier alpha value is -4.26. The Morgan fingerprint density at radius 3 is 2.43 bits per heavy atom. The summed E-state index contributed by atoms with van der Waals surface area (Å²) in [5, 5.41) is 3.30. The van der Waals surface area contributed by atoms with Crippen molar-refractivity contribution >= 4 is 34.2 Å². The second kappa shape index (κ2) is 10.4. The van der Waals surface area contributed by atoms with Crippen molar-refractivity contribution in [2.24, 2.45) is 11.6 Å². The number of amides is 2. The Morgan fingerprint density at radius 1 is 1.08 bits per heavy atom. The smallest absolute Gasteiger partial charge is 0.377 e. The quantitative estimate of drug-likeness (QED) is 0.168. The molecular formula is C25H23F3N6O3. The molecule has 2 amide bonds. The standard InChI is InChI=1S/C25H23F3N6O3/c1-37-13-21-32-20-11-16(34(30)24(36)17-4-2-3-5-19(17)25(26,27)28)10-18(22(20)33-21)23(35)31-15-8-6-14(12-29)7-9-15/h2-11H,12-13,29-30H2,1H3,(H,31,35)(H,32,33). The van der Waals surface area contributed by atoms with E-state index in [4.69, 9.17) is 16.3 Å². The van der Waals surface area contributed by atoms with Crippen LogP contribution in [0.2, 0.25) is 0 Å². The predicted octanol–water partition coefficient (Wildman–Crippen LogP) is 3.96. The lowest BCUT2D eigenvalue weighted by molar-refractivity contribution is -0.137. The number of nitrogens with one attached hydrogen (secondary N) is 2. The normalized spacial score (nSPS) is 11.5. The molecule has 0 aliphatic carbocycles. The lowest BCUT2D eigenvalue weighted by atomic mass is 10.1. The molecule has 0 aliphatic heterocycles. The van der Waals surface area contributed by atoms with Crippen LogP contribution in [-0.2, 0) is 24.1 Å². The maximum atomic E-state index is 13.5. The Balaban J connectivity index is 1.75. The van der Waals surface area contributed by atoms with Crippen LogP contribution >= 0.6 is 0 Å². The van der Waals surface area contributed by atoms with Crippen molar-refractivity contribution in [1.82, 2.24) is 9.97 Å². The summed E-state index contributed by atoms with van der Waals surface area (Å²) in [6.45, 7) is 0.445. The molecule has 0 aliphatic rings. The van der Waals surface area contributed by atoms with E-state index in [1.165, 1.54) is 31.4 Å². The average Bonchev–Trinajstić information content (AvgIpc) is 3.29. The Bertz CT molecular complexity index is 1450. The average molecular weight is 512 g/mol. The minimum absolute atomic E-state index is 0.0225. The van der Waals surface area contributed by atoms with Gasteiger partial charge in [0, 0.05) is 19.3 Å². The van der Waals surface area contributed by atoms with Gasteiger partial charge in [-0.25, -0.2) is 15.8 Å². The number of carbonyl (C=O) groups is 2. The van der Waals surface area contributed by atoms with Gasteiger partial charge in [0.05, 0.1) is 27.9 Å². The molecule has 0 atom stereocenters. The van der Waals surface area contributed by atoms with E-state index in [-0.39, 0.29) is 23.4 Å². The third-order valence-corrected chi connectivity index (χ3v) is 5.55. The number of rotatable bonds is 7. The van der Waals surface area contributed by atoms with E-state index in [2.05, 4.69) is 15.3 Å². The highest BCUT2D eigenvalue weighted by molar-refractivity contribution is 6.14. The molecule has 9 nitrogen and oxygen atoms in total. The van der Waals surface area contributed by atoms with Crippen LogP contribution in [0.4, 0.5) is 24.5 Å². The lowest BCUT2D eigenvalue weighted by Crippen LogP contribution is -2.38. The first-order valence-corrected chi connectivity index (χ1v) is 11.0. The van der Waals surface area contributed by atoms with E-state index in [9.17, 15) is 22.8 Å². The molecule has 0 saturated heterocycles. The maximum Gasteiger partial charge on any atom is 0.417 e. The topological polar surface area (TPSA) is 139 Å². The summed E-state index contributed by atoms with van der Waals surface area (Å²) in [5.74, 6) is 4.73. The van der Waals surface area contributed by atoms with Gasteiger partial charge in [0.15, 0.2) is 0 Å². The van der Waals surface area contributed by atoms with E-state index in [1.807, 2.05) is 0 Å². The summed E-state index contributed by atoms with van der Waals surface area (Å²) >= 11 is 0. The van der Waals surface area contributed by atoms with Gasteiger partial charge in [-0.1, -0.05) is 24.3 Å². The Morgan fingerprint density at radius 2 is 1.78 bits per heavy atom. The molecule has 4 rings (SSSR count). The molecule has 0 spiro atoms. The number of fused-ring (bicyclic) bond motifs is 1. The van der Waals surface area contributed by atoms with Gasteiger partial charge in [0.2, 0.25) is 0 Å². The van der Waals surface area contributed by atoms with Crippen molar-refractivity contribution in [3.05, 3.63) is 88.7 Å². The number of aromatic amines is 1. The number of nitrogens with two attached hydrogens (primary N) is 2. The third kappa shape index (κ3) is 5.45. The van der Waals surface area contributed by atoms with Crippen molar-refractivity contribution < 1.29 is 27.5 Å². The number of methoxy groups -OCH3 is 1. The van der Waals surface area contributed by atoms with E-state index in [0.717, 1.165) is 17.7 Å². The Kier molecular flexibility index (Phi) is 7.25. The summed E-state index contributed by atoms with van der Waals surface area (Å²) in [7, 11) is 1.47. The van der Waals surface area contributed by atoms with E-state index >= 15 is 0 Å². The number of hydrogen-bond donors (Lipinski definition) is 4. The highest BCUT2D eigenvalue weighted by Gasteiger charge is 2.36. The highest BCUT2D eigenvalue weighted by atomic mass is 19.4. The molecule has 1 heterocycles. The first-order chi connectivity index (χ1) is 17.6. The summed E-state index contributed by atoms with van der Waals surface area (Å²) in [6.07, 6.45) is -4.76. The summed E-state index contributed by atoms with van der Waals surface area (Å²) < 4.78 is 45.6.